The second-order valence-corrected chi connectivity index (χ2v) is 9.01. The van der Waals surface area contributed by atoms with E-state index in [2.05, 4.69) is 15.4 Å². The van der Waals surface area contributed by atoms with Gasteiger partial charge in [-0.3, -0.25) is 9.48 Å². The topological polar surface area (TPSA) is 115 Å². The molecule has 1 amide bonds. The van der Waals surface area contributed by atoms with E-state index in [4.69, 9.17) is 11.5 Å². The second kappa shape index (κ2) is 9.02. The lowest BCUT2D eigenvalue weighted by atomic mass is 9.97. The van der Waals surface area contributed by atoms with Crippen LogP contribution in [0.25, 0.3) is 10.6 Å². The van der Waals surface area contributed by atoms with E-state index in [1.54, 1.807) is 11.7 Å². The number of amides is 1. The van der Waals surface area contributed by atoms with Gasteiger partial charge in [0.15, 0.2) is 11.5 Å². The number of benzene rings is 1. The summed E-state index contributed by atoms with van der Waals surface area (Å²) in [4.78, 5) is 19.0. The molecule has 1 saturated heterocycles. The van der Waals surface area contributed by atoms with E-state index >= 15 is 0 Å². The number of nitrogens with two attached hydrogens (primary N) is 2. The molecule has 12 heteroatoms. The van der Waals surface area contributed by atoms with E-state index in [1.807, 2.05) is 4.90 Å². The molecule has 0 spiro atoms. The highest BCUT2D eigenvalue weighted by atomic mass is 32.1. The second-order valence-electron chi connectivity index (χ2n) is 7.98. The minimum Gasteiger partial charge on any atom is -0.389 e. The van der Waals surface area contributed by atoms with Crippen molar-refractivity contribution in [2.45, 2.75) is 24.9 Å². The van der Waals surface area contributed by atoms with Crippen molar-refractivity contribution in [2.75, 3.05) is 35.6 Å². The van der Waals surface area contributed by atoms with Gasteiger partial charge in [0.2, 0.25) is 0 Å². The van der Waals surface area contributed by atoms with Gasteiger partial charge in [0.25, 0.3) is 5.91 Å². The molecule has 176 valence electrons. The Hall–Kier alpha value is -3.12. The van der Waals surface area contributed by atoms with Crippen LogP contribution in [0.4, 0.5) is 29.7 Å². The van der Waals surface area contributed by atoms with Gasteiger partial charge >= 0.3 is 0 Å². The SMILES string of the molecule is Cn1ncc(NC(=O)c2nc(-c3c(F)cccc3F)sc2N)c1N1CCCC(F)(CN)CC1. The first-order valence-corrected chi connectivity index (χ1v) is 11.2. The Morgan fingerprint density at radius 1 is 1.27 bits per heavy atom. The summed E-state index contributed by atoms with van der Waals surface area (Å²) in [6.07, 6.45) is 2.70. The molecular formula is C21H24F3N7OS. The highest BCUT2D eigenvalue weighted by Gasteiger charge is 2.32. The van der Waals surface area contributed by atoms with Crippen LogP contribution in [0.15, 0.2) is 24.4 Å². The lowest BCUT2D eigenvalue weighted by molar-refractivity contribution is 0.102. The minimum atomic E-state index is -1.41. The Bertz CT molecular complexity index is 1160. The number of hydrogen-bond acceptors (Lipinski definition) is 7. The van der Waals surface area contributed by atoms with Gasteiger partial charge in [-0.25, -0.2) is 18.2 Å². The van der Waals surface area contributed by atoms with Crippen molar-refractivity contribution >= 4 is 33.8 Å². The third-order valence-electron chi connectivity index (χ3n) is 5.75. The first-order valence-electron chi connectivity index (χ1n) is 10.4. The minimum absolute atomic E-state index is 0.0236. The lowest BCUT2D eigenvalue weighted by Gasteiger charge is -2.25. The number of aryl methyl sites for hydroxylation is 1. The van der Waals surface area contributed by atoms with Gasteiger partial charge in [0.05, 0.1) is 11.8 Å². The number of nitrogens with one attached hydrogen (secondary N) is 1. The van der Waals surface area contributed by atoms with Gasteiger partial charge in [-0.1, -0.05) is 17.4 Å². The van der Waals surface area contributed by atoms with Crippen molar-refractivity contribution in [1.82, 2.24) is 14.8 Å². The standard InChI is InChI=1S/C21H24F3N7OS/c1-30-20(31-8-3-6-21(24,11-25)7-9-31)14(10-27-30)28-18(32)16-17(26)33-19(29-16)15-12(22)4-2-5-13(15)23/h2,4-5,10H,3,6-9,11,25-26H2,1H3,(H,28,32). The van der Waals surface area contributed by atoms with Crippen LogP contribution in [0, 0.1) is 11.6 Å². The van der Waals surface area contributed by atoms with Gasteiger partial charge in [-0.05, 0) is 25.0 Å². The lowest BCUT2D eigenvalue weighted by Crippen LogP contribution is -2.35. The number of aromatic nitrogens is 3. The van der Waals surface area contributed by atoms with Crippen LogP contribution in [0.1, 0.15) is 29.8 Å². The predicted molar refractivity (Wildman–Crippen MR) is 122 cm³/mol. The summed E-state index contributed by atoms with van der Waals surface area (Å²) in [6, 6.07) is 3.46. The molecular weight excluding hydrogens is 455 g/mol. The molecule has 1 atom stereocenters. The Morgan fingerprint density at radius 3 is 2.70 bits per heavy atom. The average molecular weight is 480 g/mol. The van der Waals surface area contributed by atoms with Gasteiger partial charge in [0, 0.05) is 33.1 Å². The summed E-state index contributed by atoms with van der Waals surface area (Å²) >= 11 is 0.818. The number of hydrogen-bond donors (Lipinski definition) is 3. The Labute approximate surface area is 192 Å². The maximum atomic E-state index is 14.7. The zero-order valence-corrected chi connectivity index (χ0v) is 18.8. The summed E-state index contributed by atoms with van der Waals surface area (Å²) in [5.74, 6) is -1.63. The van der Waals surface area contributed by atoms with Crippen LogP contribution in [-0.2, 0) is 7.05 Å². The number of rotatable bonds is 5. The van der Waals surface area contributed by atoms with Gasteiger partial charge in [-0.2, -0.15) is 5.10 Å². The van der Waals surface area contributed by atoms with Gasteiger partial charge < -0.3 is 21.7 Å². The van der Waals surface area contributed by atoms with Crippen LogP contribution in [-0.4, -0.2) is 46.0 Å². The molecule has 1 aromatic carbocycles. The monoisotopic (exact) mass is 479 g/mol. The molecule has 0 radical (unpaired) electrons. The molecule has 1 aliphatic rings. The average Bonchev–Trinajstić information content (AvgIpc) is 3.26. The zero-order valence-electron chi connectivity index (χ0n) is 17.9. The van der Waals surface area contributed by atoms with Crippen LogP contribution in [0.2, 0.25) is 0 Å². The van der Waals surface area contributed by atoms with Crippen LogP contribution in [0.5, 0.6) is 0 Å². The third kappa shape index (κ3) is 4.53. The number of halogens is 3. The number of nitrogen functional groups attached to an aromatic ring is 1. The summed E-state index contributed by atoms with van der Waals surface area (Å²) in [5, 5.41) is 6.94. The van der Waals surface area contributed by atoms with Crippen LogP contribution >= 0.6 is 11.3 Å². The van der Waals surface area contributed by atoms with E-state index in [0.29, 0.717) is 37.4 Å². The third-order valence-corrected chi connectivity index (χ3v) is 6.65. The number of alkyl halides is 1. The van der Waals surface area contributed by atoms with Crippen molar-refractivity contribution in [3.05, 3.63) is 41.7 Å². The van der Waals surface area contributed by atoms with Gasteiger partial charge in [-0.15, -0.1) is 0 Å². The molecule has 0 saturated carbocycles. The smallest absolute Gasteiger partial charge is 0.277 e. The van der Waals surface area contributed by atoms with Crippen molar-refractivity contribution in [3.63, 3.8) is 0 Å². The largest absolute Gasteiger partial charge is 0.389 e. The summed E-state index contributed by atoms with van der Waals surface area (Å²) in [5.41, 5.74) is 10.1. The number of anilines is 3. The van der Waals surface area contributed by atoms with Gasteiger partial charge in [0.1, 0.15) is 33.0 Å². The van der Waals surface area contributed by atoms with E-state index in [0.717, 1.165) is 23.5 Å². The number of thiazole rings is 1. The molecule has 3 aromatic rings. The number of carbonyl (C=O) groups is 1. The fourth-order valence-corrected chi connectivity index (χ4v) is 4.83. The molecule has 2 aromatic heterocycles. The fraction of sp³-hybridized carbons (Fsp3) is 0.381. The molecule has 33 heavy (non-hydrogen) atoms. The van der Waals surface area contributed by atoms with Crippen LogP contribution < -0.4 is 21.7 Å². The molecule has 3 heterocycles. The molecule has 1 fully saturated rings. The van der Waals surface area contributed by atoms with E-state index < -0.39 is 23.2 Å². The van der Waals surface area contributed by atoms with Crippen molar-refractivity contribution in [3.8, 4) is 10.6 Å². The highest BCUT2D eigenvalue weighted by Crippen LogP contribution is 2.35. The molecule has 0 aliphatic carbocycles. The Morgan fingerprint density at radius 2 is 2.00 bits per heavy atom. The van der Waals surface area contributed by atoms with Crippen molar-refractivity contribution < 1.29 is 18.0 Å². The fourth-order valence-electron chi connectivity index (χ4n) is 3.95. The maximum Gasteiger partial charge on any atom is 0.277 e. The van der Waals surface area contributed by atoms with E-state index in [9.17, 15) is 18.0 Å². The number of nitrogens with zero attached hydrogens (tertiary/aromatic N) is 4. The Balaban J connectivity index is 1.58. The highest BCUT2D eigenvalue weighted by molar-refractivity contribution is 7.19. The summed E-state index contributed by atoms with van der Waals surface area (Å²) in [6.45, 7) is 0.944. The molecule has 0 bridgehead atoms. The van der Waals surface area contributed by atoms with Crippen LogP contribution in [0.3, 0.4) is 0 Å². The normalized spacial score (nSPS) is 18.9. The first-order chi connectivity index (χ1) is 15.7. The molecule has 5 N–H and O–H groups in total. The quantitative estimate of drug-likeness (QED) is 0.517. The molecule has 4 rings (SSSR count). The van der Waals surface area contributed by atoms with E-state index in [1.165, 1.54) is 12.3 Å². The zero-order chi connectivity index (χ0) is 23.8. The summed E-state index contributed by atoms with van der Waals surface area (Å²) < 4.78 is 44.6. The van der Waals surface area contributed by atoms with Crippen molar-refractivity contribution in [2.24, 2.45) is 12.8 Å². The number of carbonyl (C=O) groups excluding carboxylic acids is 1. The first kappa shape index (κ1) is 23.1. The molecule has 1 aliphatic heterocycles. The predicted octanol–water partition coefficient (Wildman–Crippen LogP) is 3.31. The van der Waals surface area contributed by atoms with Crippen molar-refractivity contribution in [1.29, 1.82) is 0 Å². The van der Waals surface area contributed by atoms with E-state index in [-0.39, 0.29) is 34.2 Å². The maximum absolute atomic E-state index is 14.7. The molecule has 8 nitrogen and oxygen atoms in total. The summed E-state index contributed by atoms with van der Waals surface area (Å²) in [7, 11) is 1.72. The Kier molecular flexibility index (Phi) is 6.30. The molecule has 1 unspecified atom stereocenters.